The van der Waals surface area contributed by atoms with Crippen molar-refractivity contribution in [3.8, 4) is 5.75 Å². The third-order valence-corrected chi connectivity index (χ3v) is 4.47. The van der Waals surface area contributed by atoms with Gasteiger partial charge in [0.15, 0.2) is 0 Å². The summed E-state index contributed by atoms with van der Waals surface area (Å²) in [5.41, 5.74) is 2.90. The van der Waals surface area contributed by atoms with Crippen molar-refractivity contribution in [3.05, 3.63) is 90.5 Å². The molecule has 152 valence electrons. The van der Waals surface area contributed by atoms with Crippen LogP contribution in [0.3, 0.4) is 0 Å². The molecule has 0 radical (unpaired) electrons. The van der Waals surface area contributed by atoms with Crippen LogP contribution < -0.4 is 4.74 Å². The molecule has 0 amide bonds. The van der Waals surface area contributed by atoms with Crippen molar-refractivity contribution in [2.45, 2.75) is 45.1 Å². The Morgan fingerprint density at radius 3 is 2.34 bits per heavy atom. The fourth-order valence-electron chi connectivity index (χ4n) is 3.15. The van der Waals surface area contributed by atoms with Crippen LogP contribution in [0.2, 0.25) is 0 Å². The van der Waals surface area contributed by atoms with Crippen molar-refractivity contribution in [3.63, 3.8) is 0 Å². The number of carbonyl (C=O) groups is 2. The standard InChI is InChI=1S/C25H28O4/c1-4-10-21(20-13-8-7-9-14-20)22-17-19(18-28-24(26)11-5-2)15-16-23(22)29-25(27)12-6-3/h5-9,13-17,21H,2-4,10-12,18H2,1H3. The van der Waals surface area contributed by atoms with Gasteiger partial charge < -0.3 is 9.47 Å². The van der Waals surface area contributed by atoms with Gasteiger partial charge in [-0.3, -0.25) is 9.59 Å². The minimum atomic E-state index is -0.352. The van der Waals surface area contributed by atoms with Gasteiger partial charge in [-0.25, -0.2) is 0 Å². The summed E-state index contributed by atoms with van der Waals surface area (Å²) in [6.07, 6.45) is 5.23. The van der Waals surface area contributed by atoms with Gasteiger partial charge in [0.25, 0.3) is 0 Å². The molecule has 0 aliphatic carbocycles. The fourth-order valence-corrected chi connectivity index (χ4v) is 3.15. The fraction of sp³-hybridized carbons (Fsp3) is 0.280. The van der Waals surface area contributed by atoms with Gasteiger partial charge in [-0.15, -0.1) is 13.2 Å². The molecular weight excluding hydrogens is 364 g/mol. The Hall–Kier alpha value is -3.14. The molecule has 2 aromatic rings. The highest BCUT2D eigenvalue weighted by molar-refractivity contribution is 5.74. The number of esters is 2. The zero-order chi connectivity index (χ0) is 21.1. The molecule has 29 heavy (non-hydrogen) atoms. The third kappa shape index (κ3) is 6.75. The first-order chi connectivity index (χ1) is 14.1. The van der Waals surface area contributed by atoms with Gasteiger partial charge in [0.1, 0.15) is 12.4 Å². The van der Waals surface area contributed by atoms with Crippen LogP contribution in [0.15, 0.2) is 73.8 Å². The highest BCUT2D eigenvalue weighted by Crippen LogP contribution is 2.36. The SMILES string of the molecule is C=CCC(=O)OCc1ccc(OC(=O)CC=C)c(C(CCC)c2ccccc2)c1. The van der Waals surface area contributed by atoms with E-state index in [-0.39, 0.29) is 37.3 Å². The Balaban J connectivity index is 2.40. The van der Waals surface area contributed by atoms with Crippen LogP contribution in [0.1, 0.15) is 55.2 Å². The lowest BCUT2D eigenvalue weighted by molar-refractivity contribution is -0.143. The van der Waals surface area contributed by atoms with E-state index in [9.17, 15) is 9.59 Å². The van der Waals surface area contributed by atoms with Crippen LogP contribution in [0.25, 0.3) is 0 Å². The van der Waals surface area contributed by atoms with Crippen LogP contribution >= 0.6 is 0 Å². The lowest BCUT2D eigenvalue weighted by Gasteiger charge is -2.21. The molecule has 0 saturated carbocycles. The molecule has 0 aromatic heterocycles. The van der Waals surface area contributed by atoms with Crippen molar-refractivity contribution in [2.24, 2.45) is 0 Å². The van der Waals surface area contributed by atoms with Crippen LogP contribution in [-0.2, 0) is 20.9 Å². The van der Waals surface area contributed by atoms with Crippen LogP contribution in [-0.4, -0.2) is 11.9 Å². The number of rotatable bonds is 11. The molecule has 0 spiro atoms. The minimum Gasteiger partial charge on any atom is -0.461 e. The Morgan fingerprint density at radius 2 is 1.69 bits per heavy atom. The van der Waals surface area contributed by atoms with E-state index in [1.807, 2.05) is 30.3 Å². The molecule has 0 saturated heterocycles. The van der Waals surface area contributed by atoms with Gasteiger partial charge in [0.05, 0.1) is 12.8 Å². The van der Waals surface area contributed by atoms with E-state index < -0.39 is 0 Å². The summed E-state index contributed by atoms with van der Waals surface area (Å²) in [7, 11) is 0. The first-order valence-corrected chi connectivity index (χ1v) is 9.84. The van der Waals surface area contributed by atoms with Crippen molar-refractivity contribution < 1.29 is 19.1 Å². The second kappa shape index (κ2) is 11.6. The number of benzene rings is 2. The third-order valence-electron chi connectivity index (χ3n) is 4.47. The second-order valence-electron chi connectivity index (χ2n) is 6.74. The van der Waals surface area contributed by atoms with E-state index in [0.29, 0.717) is 5.75 Å². The molecule has 0 bridgehead atoms. The minimum absolute atomic E-state index is 0.0663. The predicted octanol–water partition coefficient (Wildman–Crippen LogP) is 5.72. The van der Waals surface area contributed by atoms with E-state index in [2.05, 4.69) is 32.2 Å². The average Bonchev–Trinajstić information content (AvgIpc) is 2.72. The number of hydrogen-bond acceptors (Lipinski definition) is 4. The zero-order valence-corrected chi connectivity index (χ0v) is 16.9. The van der Waals surface area contributed by atoms with Gasteiger partial charge in [0, 0.05) is 11.5 Å². The maximum Gasteiger partial charge on any atom is 0.315 e. The maximum atomic E-state index is 12.1. The van der Waals surface area contributed by atoms with E-state index in [4.69, 9.17) is 9.47 Å². The van der Waals surface area contributed by atoms with Crippen molar-refractivity contribution >= 4 is 11.9 Å². The van der Waals surface area contributed by atoms with Gasteiger partial charge in [-0.2, -0.15) is 0 Å². The Morgan fingerprint density at radius 1 is 1.00 bits per heavy atom. The first kappa shape index (κ1) is 22.2. The molecule has 1 atom stereocenters. The number of ether oxygens (including phenoxy) is 2. The zero-order valence-electron chi connectivity index (χ0n) is 16.9. The summed E-state index contributed by atoms with van der Waals surface area (Å²) >= 11 is 0. The van der Waals surface area contributed by atoms with Gasteiger partial charge in [-0.1, -0.05) is 61.9 Å². The monoisotopic (exact) mass is 392 g/mol. The number of carbonyl (C=O) groups excluding carboxylic acids is 2. The molecule has 2 aromatic carbocycles. The molecule has 0 aliphatic heterocycles. The largest absolute Gasteiger partial charge is 0.461 e. The first-order valence-electron chi connectivity index (χ1n) is 9.84. The highest BCUT2D eigenvalue weighted by atomic mass is 16.5. The molecule has 4 nitrogen and oxygen atoms in total. The molecule has 1 unspecified atom stereocenters. The quantitative estimate of drug-likeness (QED) is 0.279. The van der Waals surface area contributed by atoms with Crippen LogP contribution in [0, 0.1) is 0 Å². The molecule has 0 aliphatic rings. The average molecular weight is 392 g/mol. The van der Waals surface area contributed by atoms with Crippen LogP contribution in [0.4, 0.5) is 0 Å². The topological polar surface area (TPSA) is 52.6 Å². The summed E-state index contributed by atoms with van der Waals surface area (Å²) in [5, 5.41) is 0. The van der Waals surface area contributed by atoms with E-state index in [0.717, 1.165) is 29.5 Å². The number of hydrogen-bond donors (Lipinski definition) is 0. The summed E-state index contributed by atoms with van der Waals surface area (Å²) in [5.74, 6) is -0.0807. The van der Waals surface area contributed by atoms with Gasteiger partial charge >= 0.3 is 11.9 Å². The van der Waals surface area contributed by atoms with Crippen molar-refractivity contribution in [1.29, 1.82) is 0 Å². The molecular formula is C25H28O4. The molecule has 0 heterocycles. The second-order valence-corrected chi connectivity index (χ2v) is 6.74. The van der Waals surface area contributed by atoms with Crippen molar-refractivity contribution in [1.82, 2.24) is 0 Å². The van der Waals surface area contributed by atoms with E-state index in [1.54, 1.807) is 6.07 Å². The summed E-state index contributed by atoms with van der Waals surface area (Å²) in [4.78, 5) is 23.8. The van der Waals surface area contributed by atoms with Crippen LogP contribution in [0.5, 0.6) is 5.75 Å². The normalized spacial score (nSPS) is 11.3. The molecule has 2 rings (SSSR count). The predicted molar refractivity (Wildman–Crippen MR) is 115 cm³/mol. The Bertz CT molecular complexity index is 839. The molecule has 4 heteroatoms. The van der Waals surface area contributed by atoms with Gasteiger partial charge in [0.2, 0.25) is 0 Å². The lowest BCUT2D eigenvalue weighted by Crippen LogP contribution is -2.11. The summed E-state index contributed by atoms with van der Waals surface area (Å²) < 4.78 is 10.9. The summed E-state index contributed by atoms with van der Waals surface area (Å²) in [6, 6.07) is 15.7. The van der Waals surface area contributed by atoms with E-state index >= 15 is 0 Å². The lowest BCUT2D eigenvalue weighted by atomic mass is 9.86. The summed E-state index contributed by atoms with van der Waals surface area (Å²) in [6.45, 7) is 9.42. The Kier molecular flexibility index (Phi) is 8.90. The van der Waals surface area contributed by atoms with Crippen molar-refractivity contribution in [2.75, 3.05) is 0 Å². The molecule has 0 N–H and O–H groups in total. The van der Waals surface area contributed by atoms with Gasteiger partial charge in [-0.05, 0) is 29.7 Å². The smallest absolute Gasteiger partial charge is 0.315 e. The highest BCUT2D eigenvalue weighted by Gasteiger charge is 2.20. The Labute approximate surface area is 172 Å². The maximum absolute atomic E-state index is 12.1. The van der Waals surface area contributed by atoms with E-state index in [1.165, 1.54) is 12.2 Å². The molecule has 0 fully saturated rings.